The molecule has 1 aliphatic heterocycles. The summed E-state index contributed by atoms with van der Waals surface area (Å²) in [7, 11) is 3.97. The van der Waals surface area contributed by atoms with Crippen LogP contribution in [0.25, 0.3) is 0 Å². The van der Waals surface area contributed by atoms with Crippen molar-refractivity contribution in [1.82, 2.24) is 24.9 Å². The molecular weight excluding hydrogens is 565 g/mol. The zero-order valence-corrected chi connectivity index (χ0v) is 25.9. The third-order valence-electron chi connectivity index (χ3n) is 6.99. The Bertz CT molecular complexity index is 1170. The molecule has 1 fully saturated rings. The lowest BCUT2D eigenvalue weighted by Crippen LogP contribution is -2.42. The Morgan fingerprint density at radius 1 is 1.10 bits per heavy atom. The number of nitrogens with one attached hydrogen (secondary N) is 2. The predicted molar refractivity (Wildman–Crippen MR) is 166 cm³/mol. The Hall–Kier alpha value is -2.20. The van der Waals surface area contributed by atoms with Crippen molar-refractivity contribution >= 4 is 41.4 Å². The molecular formula is C30H39Cl2N5O2S. The summed E-state index contributed by atoms with van der Waals surface area (Å²) in [5.41, 5.74) is 2.51. The second-order valence-electron chi connectivity index (χ2n) is 9.78. The van der Waals surface area contributed by atoms with E-state index in [4.69, 9.17) is 27.9 Å². The van der Waals surface area contributed by atoms with Crippen molar-refractivity contribution in [3.8, 4) is 5.88 Å². The van der Waals surface area contributed by atoms with E-state index in [1.54, 1.807) is 11.9 Å². The number of nitrogens with zero attached hydrogens (tertiary/aromatic N) is 3. The van der Waals surface area contributed by atoms with Gasteiger partial charge in [-0.1, -0.05) is 41.4 Å². The molecule has 0 bridgehead atoms. The van der Waals surface area contributed by atoms with Gasteiger partial charge >= 0.3 is 0 Å². The molecule has 0 spiro atoms. The molecule has 0 aliphatic carbocycles. The molecule has 40 heavy (non-hydrogen) atoms. The maximum absolute atomic E-state index is 10.3. The second-order valence-corrected chi connectivity index (χ2v) is 11.7. The molecule has 2 atom stereocenters. The minimum atomic E-state index is 0.0303. The number of likely N-dealkylation sites (tertiary alicyclic amines) is 1. The molecule has 3 heterocycles. The number of carbonyl (C=O) groups is 1. The number of hydrogen-bond acceptors (Lipinski definition) is 8. The number of aryl methyl sites for hydroxylation is 1. The summed E-state index contributed by atoms with van der Waals surface area (Å²) in [5.74, 6) is 1.21. The summed E-state index contributed by atoms with van der Waals surface area (Å²) in [6.45, 7) is 7.69. The predicted octanol–water partition coefficient (Wildman–Crippen LogP) is 6.65. The van der Waals surface area contributed by atoms with Crippen LogP contribution in [0.3, 0.4) is 0 Å². The molecule has 0 saturated carbocycles. The normalized spacial score (nSPS) is 15.6. The smallest absolute Gasteiger partial charge is 0.214 e. The van der Waals surface area contributed by atoms with Gasteiger partial charge in [0.1, 0.15) is 6.10 Å². The summed E-state index contributed by atoms with van der Waals surface area (Å²) in [4.78, 5) is 22.4. The summed E-state index contributed by atoms with van der Waals surface area (Å²) in [5, 5.41) is 3.83. The van der Waals surface area contributed by atoms with Crippen LogP contribution >= 0.6 is 35.1 Å². The zero-order chi connectivity index (χ0) is 28.9. The maximum atomic E-state index is 10.3. The Kier molecular flexibility index (Phi) is 13.7. The number of aldehydes is 1. The fourth-order valence-electron chi connectivity index (χ4n) is 4.73. The number of aromatic nitrogens is 2. The van der Waals surface area contributed by atoms with E-state index in [0.717, 1.165) is 44.0 Å². The average Bonchev–Trinajstić information content (AvgIpc) is 2.96. The number of halogens is 2. The molecule has 1 saturated heterocycles. The van der Waals surface area contributed by atoms with Crippen LogP contribution in [-0.2, 0) is 0 Å². The quantitative estimate of drug-likeness (QED) is 0.186. The van der Waals surface area contributed by atoms with Crippen LogP contribution in [0.2, 0.25) is 10.0 Å². The van der Waals surface area contributed by atoms with Crippen molar-refractivity contribution in [1.29, 1.82) is 0 Å². The summed E-state index contributed by atoms with van der Waals surface area (Å²) >= 11 is 12.7. The highest BCUT2D eigenvalue weighted by molar-refractivity contribution is 7.97. The van der Waals surface area contributed by atoms with Gasteiger partial charge in [0, 0.05) is 41.0 Å². The number of ether oxygens (including phenoxy) is 1. The van der Waals surface area contributed by atoms with Gasteiger partial charge in [-0.2, -0.15) is 0 Å². The monoisotopic (exact) mass is 603 g/mol. The third kappa shape index (κ3) is 9.72. The molecule has 2 aromatic heterocycles. The Balaban J connectivity index is 0.000000371. The maximum Gasteiger partial charge on any atom is 0.214 e. The van der Waals surface area contributed by atoms with E-state index >= 15 is 0 Å². The van der Waals surface area contributed by atoms with E-state index in [-0.39, 0.29) is 16.1 Å². The van der Waals surface area contributed by atoms with Crippen molar-refractivity contribution in [2.24, 2.45) is 5.92 Å². The minimum Gasteiger partial charge on any atom is -0.469 e. The van der Waals surface area contributed by atoms with Gasteiger partial charge in [-0.3, -0.25) is 14.5 Å². The molecule has 3 aromatic rings. The third-order valence-corrected chi connectivity index (χ3v) is 8.30. The molecule has 1 aliphatic rings. The number of rotatable bonds is 11. The lowest BCUT2D eigenvalue weighted by Gasteiger charge is -2.39. The minimum absolute atomic E-state index is 0.0303. The van der Waals surface area contributed by atoms with Crippen LogP contribution in [-0.4, -0.2) is 60.9 Å². The van der Waals surface area contributed by atoms with Gasteiger partial charge in [0.25, 0.3) is 0 Å². The fourth-order valence-corrected chi connectivity index (χ4v) is 5.69. The highest BCUT2D eigenvalue weighted by Crippen LogP contribution is 2.35. The Morgan fingerprint density at radius 3 is 2.33 bits per heavy atom. The number of benzene rings is 1. The lowest BCUT2D eigenvalue weighted by molar-refractivity contribution is 0.0582. The van der Waals surface area contributed by atoms with Crippen molar-refractivity contribution in [3.63, 3.8) is 0 Å². The van der Waals surface area contributed by atoms with E-state index in [9.17, 15) is 4.79 Å². The topological polar surface area (TPSA) is 79.4 Å². The van der Waals surface area contributed by atoms with Crippen LogP contribution in [0.1, 0.15) is 53.9 Å². The van der Waals surface area contributed by atoms with Crippen LogP contribution in [0.15, 0.2) is 59.8 Å². The van der Waals surface area contributed by atoms with Gasteiger partial charge in [-0.25, -0.2) is 4.98 Å². The highest BCUT2D eigenvalue weighted by atomic mass is 35.5. The number of carbonyl (C=O) groups excluding carboxylic acids is 1. The fraction of sp³-hybridized carbons (Fsp3) is 0.433. The SMILES string of the molecule is CNCCC(C)N1CCC(C(Oc2cccc(C)n2)c2ccc(SNC)cc2)CC1.O=Cc1c(Cl)cncc1Cl. The van der Waals surface area contributed by atoms with E-state index in [1.807, 2.05) is 39.2 Å². The van der Waals surface area contributed by atoms with E-state index < -0.39 is 0 Å². The van der Waals surface area contributed by atoms with Gasteiger partial charge in [0.05, 0.1) is 15.6 Å². The van der Waals surface area contributed by atoms with Crippen LogP contribution in [0.4, 0.5) is 0 Å². The number of pyridine rings is 2. The molecule has 4 rings (SSSR count). The van der Waals surface area contributed by atoms with Gasteiger partial charge in [0.15, 0.2) is 6.29 Å². The first kappa shape index (κ1) is 32.3. The van der Waals surface area contributed by atoms with Gasteiger partial charge < -0.3 is 15.0 Å². The second kappa shape index (κ2) is 16.9. The van der Waals surface area contributed by atoms with Crippen molar-refractivity contribution in [2.45, 2.75) is 50.2 Å². The Morgan fingerprint density at radius 2 is 1.77 bits per heavy atom. The largest absolute Gasteiger partial charge is 0.469 e. The van der Waals surface area contributed by atoms with E-state index in [0.29, 0.717) is 23.8 Å². The first-order chi connectivity index (χ1) is 19.4. The van der Waals surface area contributed by atoms with Crippen molar-refractivity contribution in [2.75, 3.05) is 33.7 Å². The summed E-state index contributed by atoms with van der Waals surface area (Å²) < 4.78 is 9.66. The molecule has 10 heteroatoms. The van der Waals surface area contributed by atoms with Gasteiger partial charge in [-0.15, -0.1) is 0 Å². The van der Waals surface area contributed by atoms with Gasteiger partial charge in [0.2, 0.25) is 5.88 Å². The molecule has 2 unspecified atom stereocenters. The van der Waals surface area contributed by atoms with Crippen LogP contribution < -0.4 is 14.8 Å². The average molecular weight is 605 g/mol. The highest BCUT2D eigenvalue weighted by Gasteiger charge is 2.31. The molecule has 2 N–H and O–H groups in total. The molecule has 0 radical (unpaired) electrons. The first-order valence-corrected chi connectivity index (χ1v) is 15.1. The number of hydrogen-bond donors (Lipinski definition) is 2. The van der Waals surface area contributed by atoms with E-state index in [1.165, 1.54) is 29.3 Å². The van der Waals surface area contributed by atoms with Crippen molar-refractivity contribution in [3.05, 3.63) is 81.7 Å². The molecule has 216 valence electrons. The number of piperidine rings is 1. The summed E-state index contributed by atoms with van der Waals surface area (Å²) in [6.07, 6.45) is 6.86. The van der Waals surface area contributed by atoms with Gasteiger partial charge in [-0.05, 0) is 103 Å². The molecule has 7 nitrogen and oxygen atoms in total. The van der Waals surface area contributed by atoms with Crippen LogP contribution in [0.5, 0.6) is 5.88 Å². The Labute approximate surface area is 252 Å². The molecule has 1 aromatic carbocycles. The lowest BCUT2D eigenvalue weighted by atomic mass is 9.86. The van der Waals surface area contributed by atoms with Crippen LogP contribution in [0, 0.1) is 12.8 Å². The zero-order valence-electron chi connectivity index (χ0n) is 23.6. The van der Waals surface area contributed by atoms with E-state index in [2.05, 4.69) is 56.1 Å². The standard InChI is InChI=1S/C24H36N4OS.C6H3Cl2NO/c1-18-6-5-7-23(27-18)29-24(20-8-10-22(11-9-20)30-26-4)21-13-16-28(17-14-21)19(2)12-15-25-3;7-5-1-9-2-6(8)4(5)3-10/h5-11,19,21,24-26H,12-17H2,1-4H3;1-3H. The molecule has 0 amide bonds. The summed E-state index contributed by atoms with van der Waals surface area (Å²) in [6, 6.07) is 15.4. The first-order valence-electron chi connectivity index (χ1n) is 13.5. The van der Waals surface area contributed by atoms with Crippen molar-refractivity contribution < 1.29 is 9.53 Å².